The summed E-state index contributed by atoms with van der Waals surface area (Å²) in [6.45, 7) is 10.5. The van der Waals surface area contributed by atoms with Crippen molar-refractivity contribution < 1.29 is 4.74 Å². The molecule has 1 aliphatic heterocycles. The van der Waals surface area contributed by atoms with Gasteiger partial charge in [0.05, 0.1) is 12.7 Å². The van der Waals surface area contributed by atoms with Gasteiger partial charge in [0.15, 0.2) is 0 Å². The number of rotatable bonds is 4. The van der Waals surface area contributed by atoms with E-state index in [4.69, 9.17) is 4.74 Å². The average molecular weight is 248 g/mol. The van der Waals surface area contributed by atoms with E-state index >= 15 is 0 Å². The smallest absolute Gasteiger partial charge is 0.0674 e. The van der Waals surface area contributed by atoms with Crippen LogP contribution in [0.2, 0.25) is 0 Å². The molecule has 1 fully saturated rings. The van der Waals surface area contributed by atoms with Gasteiger partial charge in [-0.15, -0.1) is 0 Å². The van der Waals surface area contributed by atoms with Gasteiger partial charge in [0.1, 0.15) is 0 Å². The molecule has 0 radical (unpaired) electrons. The molecule has 1 aromatic carbocycles. The van der Waals surface area contributed by atoms with E-state index in [1.165, 1.54) is 11.3 Å². The van der Waals surface area contributed by atoms with Crippen LogP contribution in [0.4, 0.5) is 5.69 Å². The van der Waals surface area contributed by atoms with Crippen molar-refractivity contribution in [1.29, 1.82) is 0 Å². The Labute approximate surface area is 110 Å². The van der Waals surface area contributed by atoms with E-state index < -0.39 is 0 Å². The van der Waals surface area contributed by atoms with Crippen LogP contribution < -0.4 is 5.32 Å². The summed E-state index contributed by atoms with van der Waals surface area (Å²) >= 11 is 0. The van der Waals surface area contributed by atoms with Crippen molar-refractivity contribution in [3.8, 4) is 0 Å². The lowest BCUT2D eigenvalue weighted by molar-refractivity contribution is -0.0476. The van der Waals surface area contributed by atoms with Gasteiger partial charge in [0, 0.05) is 31.4 Å². The molecule has 1 aromatic rings. The summed E-state index contributed by atoms with van der Waals surface area (Å²) in [4.78, 5) is 2.50. The van der Waals surface area contributed by atoms with E-state index in [0.717, 1.165) is 26.2 Å². The van der Waals surface area contributed by atoms with Crippen LogP contribution in [0.25, 0.3) is 0 Å². The highest BCUT2D eigenvalue weighted by Gasteiger charge is 2.22. The zero-order chi connectivity index (χ0) is 13.0. The van der Waals surface area contributed by atoms with Crippen LogP contribution >= 0.6 is 0 Å². The first-order valence-corrected chi connectivity index (χ1v) is 6.82. The summed E-state index contributed by atoms with van der Waals surface area (Å²) in [6, 6.07) is 8.96. The number of aryl methyl sites for hydroxylation is 1. The molecule has 2 unspecified atom stereocenters. The minimum atomic E-state index is 0.361. The fourth-order valence-electron chi connectivity index (χ4n) is 2.39. The minimum Gasteiger partial charge on any atom is -0.384 e. The van der Waals surface area contributed by atoms with Crippen LogP contribution in [0.1, 0.15) is 19.4 Å². The second-order valence-corrected chi connectivity index (χ2v) is 5.23. The number of benzene rings is 1. The van der Waals surface area contributed by atoms with Crippen LogP contribution in [0.3, 0.4) is 0 Å². The molecule has 3 heteroatoms. The quantitative estimate of drug-likeness (QED) is 0.886. The molecule has 2 atom stereocenters. The van der Waals surface area contributed by atoms with Gasteiger partial charge >= 0.3 is 0 Å². The minimum absolute atomic E-state index is 0.361. The lowest BCUT2D eigenvalue weighted by Crippen LogP contribution is -2.48. The van der Waals surface area contributed by atoms with Gasteiger partial charge in [0.25, 0.3) is 0 Å². The zero-order valence-corrected chi connectivity index (χ0v) is 11.6. The summed E-state index contributed by atoms with van der Waals surface area (Å²) < 4.78 is 5.64. The van der Waals surface area contributed by atoms with Crippen molar-refractivity contribution in [2.45, 2.75) is 32.9 Å². The van der Waals surface area contributed by atoms with Crippen molar-refractivity contribution in [2.24, 2.45) is 0 Å². The maximum Gasteiger partial charge on any atom is 0.0674 e. The molecular formula is C15H24N2O. The Balaban J connectivity index is 1.79. The lowest BCUT2D eigenvalue weighted by Gasteiger charge is -2.36. The second-order valence-electron chi connectivity index (χ2n) is 5.23. The zero-order valence-electron chi connectivity index (χ0n) is 11.6. The Hall–Kier alpha value is -1.06. The number of para-hydroxylation sites is 1. The third-order valence-electron chi connectivity index (χ3n) is 3.60. The fourth-order valence-corrected chi connectivity index (χ4v) is 2.39. The highest BCUT2D eigenvalue weighted by molar-refractivity contribution is 5.50. The van der Waals surface area contributed by atoms with Crippen molar-refractivity contribution >= 4 is 5.69 Å². The van der Waals surface area contributed by atoms with Gasteiger partial charge in [-0.3, -0.25) is 4.90 Å². The van der Waals surface area contributed by atoms with Gasteiger partial charge in [-0.25, -0.2) is 0 Å². The standard InChI is InChI=1S/C15H24N2O/c1-12-6-4-5-7-15(12)16-8-9-17-10-14(3)18-11-13(17)2/h4-7,13-14,16H,8-11H2,1-3H3. The topological polar surface area (TPSA) is 24.5 Å². The number of nitrogens with one attached hydrogen (secondary N) is 1. The summed E-state index contributed by atoms with van der Waals surface area (Å²) in [5.41, 5.74) is 2.55. The largest absolute Gasteiger partial charge is 0.384 e. The number of ether oxygens (including phenoxy) is 1. The number of anilines is 1. The normalized spacial score (nSPS) is 25.1. The first-order chi connectivity index (χ1) is 8.66. The van der Waals surface area contributed by atoms with Crippen LogP contribution in [-0.2, 0) is 4.74 Å². The van der Waals surface area contributed by atoms with E-state index in [2.05, 4.69) is 55.3 Å². The Bertz CT molecular complexity index is 381. The Morgan fingerprint density at radius 1 is 1.33 bits per heavy atom. The van der Waals surface area contributed by atoms with Gasteiger partial charge < -0.3 is 10.1 Å². The first-order valence-electron chi connectivity index (χ1n) is 6.82. The number of morpholine rings is 1. The fraction of sp³-hybridized carbons (Fsp3) is 0.600. The average Bonchev–Trinajstić information content (AvgIpc) is 2.36. The Morgan fingerprint density at radius 2 is 2.11 bits per heavy atom. The molecule has 2 rings (SSSR count). The van der Waals surface area contributed by atoms with Crippen molar-refractivity contribution in [2.75, 3.05) is 31.6 Å². The maximum absolute atomic E-state index is 5.64. The van der Waals surface area contributed by atoms with Crippen LogP contribution in [0.5, 0.6) is 0 Å². The van der Waals surface area contributed by atoms with Crippen molar-refractivity contribution in [1.82, 2.24) is 4.90 Å². The molecule has 0 spiro atoms. The van der Waals surface area contributed by atoms with Crippen LogP contribution in [0.15, 0.2) is 24.3 Å². The third kappa shape index (κ3) is 3.47. The first kappa shape index (κ1) is 13.4. The van der Waals surface area contributed by atoms with Gasteiger partial charge in [0.2, 0.25) is 0 Å². The van der Waals surface area contributed by atoms with Gasteiger partial charge in [-0.2, -0.15) is 0 Å². The molecule has 100 valence electrons. The maximum atomic E-state index is 5.64. The van der Waals surface area contributed by atoms with E-state index in [9.17, 15) is 0 Å². The molecule has 0 aliphatic carbocycles. The highest BCUT2D eigenvalue weighted by atomic mass is 16.5. The van der Waals surface area contributed by atoms with Gasteiger partial charge in [-0.05, 0) is 32.4 Å². The molecule has 1 aliphatic rings. The predicted molar refractivity (Wildman–Crippen MR) is 76.1 cm³/mol. The van der Waals surface area contributed by atoms with Gasteiger partial charge in [-0.1, -0.05) is 18.2 Å². The highest BCUT2D eigenvalue weighted by Crippen LogP contribution is 2.14. The molecule has 18 heavy (non-hydrogen) atoms. The van der Waals surface area contributed by atoms with E-state index in [0.29, 0.717) is 12.1 Å². The Morgan fingerprint density at radius 3 is 2.89 bits per heavy atom. The van der Waals surface area contributed by atoms with E-state index in [1.807, 2.05) is 0 Å². The molecular weight excluding hydrogens is 224 g/mol. The molecule has 1 saturated heterocycles. The van der Waals surface area contributed by atoms with E-state index in [1.54, 1.807) is 0 Å². The summed E-state index contributed by atoms with van der Waals surface area (Å²) in [5.74, 6) is 0. The van der Waals surface area contributed by atoms with Crippen molar-refractivity contribution in [3.05, 3.63) is 29.8 Å². The number of hydrogen-bond donors (Lipinski definition) is 1. The number of hydrogen-bond acceptors (Lipinski definition) is 3. The van der Waals surface area contributed by atoms with Crippen LogP contribution in [-0.4, -0.2) is 43.3 Å². The van der Waals surface area contributed by atoms with E-state index in [-0.39, 0.29) is 0 Å². The lowest BCUT2D eigenvalue weighted by atomic mass is 10.2. The summed E-state index contributed by atoms with van der Waals surface area (Å²) in [6.07, 6.45) is 0.361. The van der Waals surface area contributed by atoms with Crippen molar-refractivity contribution in [3.63, 3.8) is 0 Å². The third-order valence-corrected chi connectivity index (χ3v) is 3.60. The molecule has 3 nitrogen and oxygen atoms in total. The monoisotopic (exact) mass is 248 g/mol. The molecule has 0 bridgehead atoms. The summed E-state index contributed by atoms with van der Waals surface area (Å²) in [5, 5.41) is 3.51. The molecule has 1 heterocycles. The summed E-state index contributed by atoms with van der Waals surface area (Å²) in [7, 11) is 0. The Kier molecular flexibility index (Phi) is 4.61. The predicted octanol–water partition coefficient (Wildman–Crippen LogP) is 2.52. The van der Waals surface area contributed by atoms with Crippen LogP contribution in [0, 0.1) is 6.92 Å². The molecule has 0 saturated carbocycles. The molecule has 1 N–H and O–H groups in total. The molecule has 0 amide bonds. The number of nitrogens with zero attached hydrogens (tertiary/aromatic N) is 1. The molecule has 0 aromatic heterocycles. The second kappa shape index (κ2) is 6.21. The SMILES string of the molecule is Cc1ccccc1NCCN1CC(C)OCC1C.